The van der Waals surface area contributed by atoms with Gasteiger partial charge in [0.2, 0.25) is 5.91 Å². The van der Waals surface area contributed by atoms with Crippen LogP contribution in [0.3, 0.4) is 0 Å². The molecule has 26 heavy (non-hydrogen) atoms. The van der Waals surface area contributed by atoms with E-state index in [4.69, 9.17) is 0 Å². The normalized spacial score (nSPS) is 13.5. The number of fused-ring (bicyclic) bond motifs is 2. The van der Waals surface area contributed by atoms with Gasteiger partial charge in [0.15, 0.2) is 0 Å². The third-order valence-electron chi connectivity index (χ3n) is 4.15. The van der Waals surface area contributed by atoms with E-state index >= 15 is 0 Å². The van der Waals surface area contributed by atoms with E-state index in [9.17, 15) is 14.7 Å². The van der Waals surface area contributed by atoms with E-state index in [1.165, 1.54) is 33.6 Å². The SMILES string of the molecule is C=CC(=O)[15NH]c1sc2c(c1-c1nc3cnccc3s1)CCN(C(=O)O)C2. The number of carbonyl (C=O) groups excluding carboxylic acids is 1. The van der Waals surface area contributed by atoms with Crippen molar-refractivity contribution >= 4 is 49.9 Å². The van der Waals surface area contributed by atoms with Crippen LogP contribution in [-0.2, 0) is 17.8 Å². The van der Waals surface area contributed by atoms with Gasteiger partial charge in [0.05, 0.1) is 17.4 Å². The van der Waals surface area contributed by atoms with Gasteiger partial charge in [-0.15, -0.1) is 22.7 Å². The molecule has 1 aliphatic heterocycles. The maximum Gasteiger partial charge on any atom is 0.407 e. The number of rotatable bonds is 3. The molecule has 0 bridgehead atoms. The number of pyridine rings is 1. The second-order valence-electron chi connectivity index (χ2n) is 5.72. The highest BCUT2D eigenvalue weighted by Crippen LogP contribution is 2.45. The number of thiophene rings is 1. The van der Waals surface area contributed by atoms with E-state index < -0.39 is 6.09 Å². The molecule has 0 spiro atoms. The first-order valence-electron chi connectivity index (χ1n) is 7.83. The van der Waals surface area contributed by atoms with Gasteiger partial charge < -0.3 is 15.3 Å². The van der Waals surface area contributed by atoms with E-state index in [2.05, 4.69) is 21.9 Å². The Balaban J connectivity index is 1.84. The minimum absolute atomic E-state index is 0.303. The summed E-state index contributed by atoms with van der Waals surface area (Å²) in [5.41, 5.74) is 2.74. The molecule has 9 heteroatoms. The first-order valence-corrected chi connectivity index (χ1v) is 9.47. The average Bonchev–Trinajstić information content (AvgIpc) is 3.20. The summed E-state index contributed by atoms with van der Waals surface area (Å²) in [4.78, 5) is 34.2. The lowest BCUT2D eigenvalue weighted by atomic mass is 10.0. The van der Waals surface area contributed by atoms with Gasteiger partial charge >= 0.3 is 6.09 Å². The lowest BCUT2D eigenvalue weighted by Gasteiger charge is -2.24. The van der Waals surface area contributed by atoms with Crippen molar-refractivity contribution in [1.82, 2.24) is 14.9 Å². The van der Waals surface area contributed by atoms with Crippen LogP contribution >= 0.6 is 22.7 Å². The number of thiazole rings is 1. The van der Waals surface area contributed by atoms with Gasteiger partial charge in [0.25, 0.3) is 0 Å². The zero-order valence-electron chi connectivity index (χ0n) is 13.6. The highest BCUT2D eigenvalue weighted by atomic mass is 32.1. The molecule has 1 aliphatic rings. The van der Waals surface area contributed by atoms with Gasteiger partial charge in [-0.05, 0) is 24.1 Å². The molecule has 0 aromatic carbocycles. The fourth-order valence-electron chi connectivity index (χ4n) is 2.93. The van der Waals surface area contributed by atoms with Crippen LogP contribution in [0.4, 0.5) is 9.80 Å². The van der Waals surface area contributed by atoms with E-state index in [1.807, 2.05) is 6.07 Å². The van der Waals surface area contributed by atoms with Crippen molar-refractivity contribution in [3.63, 3.8) is 0 Å². The first kappa shape index (κ1) is 16.7. The summed E-state index contributed by atoms with van der Waals surface area (Å²) in [6.45, 7) is 4.24. The molecular formula is C17H14N4O3S2. The molecule has 0 radical (unpaired) electrons. The monoisotopic (exact) mass is 387 g/mol. The van der Waals surface area contributed by atoms with Crippen LogP contribution in [0.25, 0.3) is 20.8 Å². The second kappa shape index (κ2) is 6.50. The lowest BCUT2D eigenvalue weighted by Crippen LogP contribution is -2.34. The zero-order chi connectivity index (χ0) is 18.3. The second-order valence-corrected chi connectivity index (χ2v) is 7.85. The molecule has 0 aliphatic carbocycles. The maximum absolute atomic E-state index is 11.9. The van der Waals surface area contributed by atoms with Crippen LogP contribution in [0.2, 0.25) is 0 Å². The Kier molecular flexibility index (Phi) is 4.17. The lowest BCUT2D eigenvalue weighted by molar-refractivity contribution is -0.111. The predicted octanol–water partition coefficient (Wildman–Crippen LogP) is 3.58. The fourth-order valence-corrected chi connectivity index (χ4v) is 5.27. The summed E-state index contributed by atoms with van der Waals surface area (Å²) in [5, 5.41) is 13.6. The van der Waals surface area contributed by atoms with Crippen molar-refractivity contribution in [2.75, 3.05) is 11.9 Å². The summed E-state index contributed by atoms with van der Waals surface area (Å²) >= 11 is 2.93. The Bertz CT molecular complexity index is 1010. The number of aromatic nitrogens is 2. The van der Waals surface area contributed by atoms with E-state index in [0.29, 0.717) is 24.5 Å². The molecule has 2 N–H and O–H groups in total. The standard InChI is InChI=1S/C17H14N4O3S2/c1-2-13(22)20-16-14(15-19-10-7-18-5-3-11(10)25-15)9-4-6-21(17(23)24)8-12(9)26-16/h2-3,5,7H,1,4,6,8H2,(H,20,22)(H,23,24)/i20+1. The number of hydrogen-bond donors (Lipinski definition) is 2. The van der Waals surface area contributed by atoms with E-state index in [1.54, 1.807) is 12.4 Å². The molecule has 4 heterocycles. The minimum atomic E-state index is -0.937. The van der Waals surface area contributed by atoms with Crippen molar-refractivity contribution in [3.8, 4) is 10.6 Å². The third kappa shape index (κ3) is 2.85. The maximum atomic E-state index is 11.9. The number of hydrogen-bond acceptors (Lipinski definition) is 6. The average molecular weight is 387 g/mol. The molecule has 3 aromatic rings. The summed E-state index contributed by atoms with van der Waals surface area (Å²) in [6, 6.07) is 1.91. The van der Waals surface area contributed by atoms with Gasteiger partial charge in [-0.1, -0.05) is 6.58 Å². The van der Waals surface area contributed by atoms with Gasteiger partial charge in [-0.3, -0.25) is 9.78 Å². The van der Waals surface area contributed by atoms with Crippen molar-refractivity contribution in [3.05, 3.63) is 41.6 Å². The van der Waals surface area contributed by atoms with Gasteiger partial charge in [0, 0.05) is 23.2 Å². The fraction of sp³-hybridized carbons (Fsp3) is 0.176. The molecule has 0 fully saturated rings. The summed E-state index contributed by atoms with van der Waals surface area (Å²) in [6.07, 6.45) is 4.30. The first-order chi connectivity index (χ1) is 12.6. The zero-order valence-corrected chi connectivity index (χ0v) is 15.2. The van der Waals surface area contributed by atoms with Gasteiger partial charge in [0.1, 0.15) is 15.5 Å². The summed E-state index contributed by atoms with van der Waals surface area (Å²) in [5.74, 6) is -0.303. The van der Waals surface area contributed by atoms with E-state index in [-0.39, 0.29) is 5.91 Å². The number of carboxylic acid groups (broad SMARTS) is 1. The van der Waals surface area contributed by atoms with Gasteiger partial charge in [-0.25, -0.2) is 9.78 Å². The molecule has 0 unspecified atom stereocenters. The topological polar surface area (TPSA) is 95.4 Å². The van der Waals surface area contributed by atoms with Crippen molar-refractivity contribution in [2.24, 2.45) is 0 Å². The highest BCUT2D eigenvalue weighted by Gasteiger charge is 2.29. The summed E-state index contributed by atoms with van der Waals surface area (Å²) < 4.78 is 1.01. The Morgan fingerprint density at radius 1 is 1.38 bits per heavy atom. The summed E-state index contributed by atoms with van der Waals surface area (Å²) in [7, 11) is 0. The molecule has 0 atom stereocenters. The Hall–Kier alpha value is -2.78. The molecule has 4 rings (SSSR count). The molecule has 132 valence electrons. The smallest absolute Gasteiger partial charge is 0.407 e. The van der Waals surface area contributed by atoms with Crippen molar-refractivity contribution in [2.45, 2.75) is 13.0 Å². The van der Waals surface area contributed by atoms with Crippen LogP contribution < -0.4 is 5.32 Å². The molecule has 3 aromatic heterocycles. The van der Waals surface area contributed by atoms with Crippen LogP contribution in [-0.4, -0.2) is 38.5 Å². The van der Waals surface area contributed by atoms with Crippen molar-refractivity contribution < 1.29 is 14.7 Å². The molecular weight excluding hydrogens is 373 g/mol. The minimum Gasteiger partial charge on any atom is -0.465 e. The van der Waals surface area contributed by atoms with Crippen LogP contribution in [0, 0.1) is 0 Å². The predicted molar refractivity (Wildman–Crippen MR) is 102 cm³/mol. The highest BCUT2D eigenvalue weighted by molar-refractivity contribution is 7.22. The van der Waals surface area contributed by atoms with Crippen LogP contribution in [0.1, 0.15) is 10.4 Å². The molecule has 7 nitrogen and oxygen atoms in total. The van der Waals surface area contributed by atoms with Gasteiger partial charge in [-0.2, -0.15) is 0 Å². The Labute approximate surface area is 156 Å². The quantitative estimate of drug-likeness (QED) is 0.529. The molecule has 2 amide bonds. The number of nitrogens with one attached hydrogen (secondary N) is 1. The Morgan fingerprint density at radius 2 is 2.23 bits per heavy atom. The van der Waals surface area contributed by atoms with Crippen LogP contribution in [0.15, 0.2) is 31.1 Å². The van der Waals surface area contributed by atoms with Crippen molar-refractivity contribution in [1.29, 1.82) is 0 Å². The molecule has 0 saturated heterocycles. The number of carbonyl (C=O) groups is 2. The Morgan fingerprint density at radius 3 is 2.96 bits per heavy atom. The number of amides is 2. The molecule has 0 saturated carbocycles. The number of anilines is 1. The van der Waals surface area contributed by atoms with E-state index in [0.717, 1.165) is 31.2 Å². The third-order valence-corrected chi connectivity index (χ3v) is 6.34. The largest absolute Gasteiger partial charge is 0.465 e. The van der Waals surface area contributed by atoms with Crippen LogP contribution in [0.5, 0.6) is 0 Å². The number of nitrogens with zero attached hydrogens (tertiary/aromatic N) is 3.